The van der Waals surface area contributed by atoms with Crippen LogP contribution in [0.2, 0.25) is 5.02 Å². The Bertz CT molecular complexity index is 591. The highest BCUT2D eigenvalue weighted by Gasteiger charge is 2.31. The van der Waals surface area contributed by atoms with Gasteiger partial charge in [0, 0.05) is 30.2 Å². The van der Waals surface area contributed by atoms with E-state index < -0.39 is 10.0 Å². The average Bonchev–Trinajstić information content (AvgIpc) is 2.39. The van der Waals surface area contributed by atoms with Crippen molar-refractivity contribution in [2.45, 2.75) is 32.4 Å². The van der Waals surface area contributed by atoms with Crippen molar-refractivity contribution < 1.29 is 8.42 Å². The van der Waals surface area contributed by atoms with Gasteiger partial charge < -0.3 is 5.32 Å². The molecule has 1 aliphatic heterocycles. The maximum Gasteiger partial charge on any atom is 0.211 e. The first-order chi connectivity index (χ1) is 9.77. The summed E-state index contributed by atoms with van der Waals surface area (Å²) in [6.45, 7) is 5.38. The van der Waals surface area contributed by atoms with Crippen LogP contribution in [0.25, 0.3) is 0 Å². The fourth-order valence-corrected chi connectivity index (χ4v) is 3.99. The molecule has 0 aliphatic carbocycles. The third-order valence-electron chi connectivity index (χ3n) is 4.15. The summed E-state index contributed by atoms with van der Waals surface area (Å²) in [6, 6.07) is 8.35. The zero-order chi connectivity index (χ0) is 15.6. The Morgan fingerprint density at radius 2 is 2.14 bits per heavy atom. The fraction of sp³-hybridized carbons (Fsp3) is 0.600. The minimum Gasteiger partial charge on any atom is -0.307 e. The predicted octanol–water partition coefficient (Wildman–Crippen LogP) is 2.66. The molecular formula is C15H23ClN2O2S. The molecule has 0 unspecified atom stereocenters. The quantitative estimate of drug-likeness (QED) is 0.923. The van der Waals surface area contributed by atoms with Gasteiger partial charge >= 0.3 is 0 Å². The second kappa shape index (κ2) is 6.65. The third kappa shape index (κ3) is 4.42. The Labute approximate surface area is 132 Å². The molecule has 0 radical (unpaired) electrons. The predicted molar refractivity (Wildman–Crippen MR) is 87.0 cm³/mol. The van der Waals surface area contributed by atoms with Gasteiger partial charge in [-0.2, -0.15) is 0 Å². The molecule has 1 N–H and O–H groups in total. The van der Waals surface area contributed by atoms with E-state index in [0.29, 0.717) is 19.1 Å². The molecule has 1 fully saturated rings. The summed E-state index contributed by atoms with van der Waals surface area (Å²) >= 11 is 6.03. The minimum atomic E-state index is -3.08. The van der Waals surface area contributed by atoms with Crippen LogP contribution in [-0.4, -0.2) is 38.1 Å². The van der Waals surface area contributed by atoms with Gasteiger partial charge in [0.2, 0.25) is 10.0 Å². The van der Waals surface area contributed by atoms with Crippen molar-refractivity contribution in [3.63, 3.8) is 0 Å². The first-order valence-corrected chi connectivity index (χ1v) is 9.46. The smallest absolute Gasteiger partial charge is 0.211 e. The van der Waals surface area contributed by atoms with E-state index in [9.17, 15) is 8.42 Å². The summed E-state index contributed by atoms with van der Waals surface area (Å²) < 4.78 is 24.8. The molecule has 21 heavy (non-hydrogen) atoms. The summed E-state index contributed by atoms with van der Waals surface area (Å²) in [5, 5.41) is 4.34. The van der Waals surface area contributed by atoms with Crippen molar-refractivity contribution in [1.82, 2.24) is 9.62 Å². The number of sulfonamides is 1. The highest BCUT2D eigenvalue weighted by molar-refractivity contribution is 7.88. The van der Waals surface area contributed by atoms with E-state index in [-0.39, 0.29) is 12.0 Å². The topological polar surface area (TPSA) is 49.4 Å². The average molecular weight is 331 g/mol. The fourth-order valence-electron chi connectivity index (χ4n) is 2.85. The highest BCUT2D eigenvalue weighted by Crippen LogP contribution is 2.23. The number of piperidine rings is 1. The van der Waals surface area contributed by atoms with Crippen LogP contribution in [0.4, 0.5) is 0 Å². The van der Waals surface area contributed by atoms with Crippen molar-refractivity contribution in [3.05, 3.63) is 34.9 Å². The van der Waals surface area contributed by atoms with E-state index in [1.807, 2.05) is 18.2 Å². The molecule has 1 aliphatic rings. The normalized spacial score (nSPS) is 25.7. The van der Waals surface area contributed by atoms with Gasteiger partial charge in [0.25, 0.3) is 0 Å². The molecule has 1 aromatic carbocycles. The van der Waals surface area contributed by atoms with E-state index in [1.54, 1.807) is 4.31 Å². The largest absolute Gasteiger partial charge is 0.307 e. The number of nitrogens with zero attached hydrogens (tertiary/aromatic N) is 1. The van der Waals surface area contributed by atoms with Gasteiger partial charge in [0.1, 0.15) is 0 Å². The van der Waals surface area contributed by atoms with Gasteiger partial charge in [-0.05, 0) is 37.0 Å². The molecular weight excluding hydrogens is 308 g/mol. The maximum atomic E-state index is 11.6. The molecule has 0 bridgehead atoms. The van der Waals surface area contributed by atoms with Crippen LogP contribution in [0.1, 0.15) is 31.9 Å². The van der Waals surface area contributed by atoms with Crippen LogP contribution in [0.5, 0.6) is 0 Å². The lowest BCUT2D eigenvalue weighted by Gasteiger charge is -2.37. The molecule has 1 heterocycles. The molecule has 4 nitrogen and oxygen atoms in total. The molecule has 0 amide bonds. The zero-order valence-corrected chi connectivity index (χ0v) is 14.3. The lowest BCUT2D eigenvalue weighted by Crippen LogP contribution is -2.50. The van der Waals surface area contributed by atoms with E-state index in [2.05, 4.69) is 25.2 Å². The van der Waals surface area contributed by atoms with Gasteiger partial charge in [-0.1, -0.05) is 30.7 Å². The second-order valence-electron chi connectivity index (χ2n) is 5.94. The Balaban J connectivity index is 1.98. The van der Waals surface area contributed by atoms with E-state index in [4.69, 9.17) is 11.6 Å². The third-order valence-corrected chi connectivity index (χ3v) is 5.65. The van der Waals surface area contributed by atoms with Crippen LogP contribution in [-0.2, 0) is 10.0 Å². The summed E-state index contributed by atoms with van der Waals surface area (Å²) in [5.74, 6) is 0.287. The van der Waals surface area contributed by atoms with Crippen molar-refractivity contribution in [2.24, 2.45) is 5.92 Å². The summed E-state index contributed by atoms with van der Waals surface area (Å²) in [4.78, 5) is 0. The molecule has 6 heteroatoms. The van der Waals surface area contributed by atoms with Crippen LogP contribution < -0.4 is 5.32 Å². The highest BCUT2D eigenvalue weighted by atomic mass is 35.5. The summed E-state index contributed by atoms with van der Waals surface area (Å²) in [6.07, 6.45) is 2.11. The molecule has 0 spiro atoms. The first-order valence-electron chi connectivity index (χ1n) is 7.24. The molecule has 3 atom stereocenters. The Morgan fingerprint density at radius 1 is 1.43 bits per heavy atom. The Kier molecular flexibility index (Phi) is 5.30. The number of halogens is 1. The molecule has 118 valence electrons. The van der Waals surface area contributed by atoms with Crippen LogP contribution >= 0.6 is 11.6 Å². The maximum absolute atomic E-state index is 11.6. The molecule has 0 saturated carbocycles. The van der Waals surface area contributed by atoms with Crippen LogP contribution in [0, 0.1) is 5.92 Å². The van der Waals surface area contributed by atoms with Crippen molar-refractivity contribution >= 4 is 21.6 Å². The lowest BCUT2D eigenvalue weighted by molar-refractivity contribution is 0.210. The van der Waals surface area contributed by atoms with Gasteiger partial charge in [0.15, 0.2) is 0 Å². The SMILES string of the molecule is C[C@H](N[C@@H]1CCN(S(C)(=O)=O)C[C@H]1C)c1cccc(Cl)c1. The zero-order valence-electron chi connectivity index (χ0n) is 12.7. The van der Waals surface area contributed by atoms with Crippen LogP contribution in [0.15, 0.2) is 24.3 Å². The number of hydrogen-bond acceptors (Lipinski definition) is 3. The van der Waals surface area contributed by atoms with E-state index in [0.717, 1.165) is 17.0 Å². The lowest BCUT2D eigenvalue weighted by atomic mass is 9.93. The summed E-state index contributed by atoms with van der Waals surface area (Å²) in [7, 11) is -3.08. The van der Waals surface area contributed by atoms with Crippen molar-refractivity contribution in [2.75, 3.05) is 19.3 Å². The minimum absolute atomic E-state index is 0.195. The Hall–Kier alpha value is -0.620. The van der Waals surface area contributed by atoms with Crippen LogP contribution in [0.3, 0.4) is 0 Å². The molecule has 1 aromatic rings. The second-order valence-corrected chi connectivity index (χ2v) is 8.36. The molecule has 2 rings (SSSR count). The number of benzene rings is 1. The first kappa shape index (κ1) is 16.7. The summed E-state index contributed by atoms with van der Waals surface area (Å²) in [5.41, 5.74) is 1.15. The molecule has 1 saturated heterocycles. The van der Waals surface area contributed by atoms with Gasteiger partial charge in [0.05, 0.1) is 6.26 Å². The van der Waals surface area contributed by atoms with Crippen molar-refractivity contribution in [3.8, 4) is 0 Å². The van der Waals surface area contributed by atoms with Gasteiger partial charge in [-0.25, -0.2) is 12.7 Å². The Morgan fingerprint density at radius 3 is 2.71 bits per heavy atom. The number of nitrogens with one attached hydrogen (secondary N) is 1. The van der Waals surface area contributed by atoms with E-state index >= 15 is 0 Å². The number of rotatable bonds is 4. The van der Waals surface area contributed by atoms with Gasteiger partial charge in [-0.3, -0.25) is 0 Å². The standard InChI is InChI=1S/C15H23ClN2O2S/c1-11-10-18(21(3,19)20)8-7-15(11)17-12(2)13-5-4-6-14(16)9-13/h4-6,9,11-12,15,17H,7-8,10H2,1-3H3/t11-,12+,15-/m1/s1. The van der Waals surface area contributed by atoms with E-state index in [1.165, 1.54) is 6.26 Å². The molecule has 0 aromatic heterocycles. The van der Waals surface area contributed by atoms with Crippen molar-refractivity contribution in [1.29, 1.82) is 0 Å². The number of hydrogen-bond donors (Lipinski definition) is 1. The van der Waals surface area contributed by atoms with Gasteiger partial charge in [-0.15, -0.1) is 0 Å². The monoisotopic (exact) mass is 330 g/mol.